The summed E-state index contributed by atoms with van der Waals surface area (Å²) >= 11 is 0. The summed E-state index contributed by atoms with van der Waals surface area (Å²) in [5.41, 5.74) is 14.7. The van der Waals surface area contributed by atoms with Crippen LogP contribution in [0.5, 0.6) is 11.5 Å². The van der Waals surface area contributed by atoms with E-state index in [1.807, 2.05) is 49.8 Å². The van der Waals surface area contributed by atoms with Crippen molar-refractivity contribution in [2.45, 2.75) is 72.5 Å². The van der Waals surface area contributed by atoms with Gasteiger partial charge in [-0.15, -0.1) is 0 Å². The summed E-state index contributed by atoms with van der Waals surface area (Å²) in [7, 11) is 0. The Morgan fingerprint density at radius 3 is 1.98 bits per heavy atom. The van der Waals surface area contributed by atoms with Crippen molar-refractivity contribution in [1.29, 1.82) is 0 Å². The van der Waals surface area contributed by atoms with Gasteiger partial charge >= 0.3 is 0 Å². The van der Waals surface area contributed by atoms with Crippen LogP contribution in [-0.2, 0) is 17.8 Å². The lowest BCUT2D eigenvalue weighted by Crippen LogP contribution is -2.31. The van der Waals surface area contributed by atoms with Crippen LogP contribution in [0.15, 0.2) is 42.5 Å². The second kappa shape index (κ2) is 13.0. The fourth-order valence-electron chi connectivity index (χ4n) is 6.81. The molecule has 2 aliphatic rings. The molecule has 0 bridgehead atoms. The van der Waals surface area contributed by atoms with E-state index >= 15 is 0 Å². The van der Waals surface area contributed by atoms with Gasteiger partial charge in [-0.2, -0.15) is 5.10 Å². The molecule has 270 valence electrons. The lowest BCUT2D eigenvalue weighted by molar-refractivity contribution is -0.123. The fourth-order valence-corrected chi connectivity index (χ4v) is 6.81. The van der Waals surface area contributed by atoms with E-state index in [0.717, 1.165) is 5.69 Å². The lowest BCUT2D eigenvalue weighted by Gasteiger charge is -2.28. The molecule has 0 unspecified atom stereocenters. The molecule has 2 atom stereocenters. The van der Waals surface area contributed by atoms with Crippen LogP contribution in [0.2, 0.25) is 0 Å². The van der Waals surface area contributed by atoms with Crippen molar-refractivity contribution < 1.29 is 28.7 Å². The van der Waals surface area contributed by atoms with Crippen LogP contribution in [0.3, 0.4) is 0 Å². The van der Waals surface area contributed by atoms with Gasteiger partial charge in [0, 0.05) is 23.1 Å². The summed E-state index contributed by atoms with van der Waals surface area (Å²) in [6.45, 7) is 10.4. The first kappa shape index (κ1) is 34.5. The number of aryl methyl sites for hydroxylation is 2. The number of nitrogens with one attached hydrogen (secondary N) is 1. The predicted molar refractivity (Wildman–Crippen MR) is 193 cm³/mol. The number of amides is 3. The van der Waals surface area contributed by atoms with Crippen LogP contribution in [0.1, 0.15) is 95.3 Å². The number of allylic oxidation sites excluding steroid dienone is 2. The number of Topliss-reactive ketones (excluding diaryl/α,β-unsaturated/α-hetero) is 1. The number of primary amides is 2. The molecule has 0 saturated carbocycles. The Bertz CT molecular complexity index is 2320. The van der Waals surface area contributed by atoms with Gasteiger partial charge in [0.05, 0.1) is 35.2 Å². The van der Waals surface area contributed by atoms with Crippen molar-refractivity contribution in [3.05, 3.63) is 70.8 Å². The van der Waals surface area contributed by atoms with Gasteiger partial charge in [0.1, 0.15) is 47.3 Å². The molecule has 0 aliphatic carbocycles. The van der Waals surface area contributed by atoms with Gasteiger partial charge in [0.15, 0.2) is 5.78 Å². The Morgan fingerprint density at radius 2 is 1.42 bits per heavy atom. The third kappa shape index (κ3) is 6.15. The molecule has 5 heterocycles. The van der Waals surface area contributed by atoms with Crippen LogP contribution in [-0.4, -0.2) is 65.6 Å². The quantitative estimate of drug-likeness (QED) is 0.131. The number of imidazole rings is 2. The SMILES string of the molecule is CCn1nc(C)cc1C(=O)Cc1nc2cc(C(N)=O)cc3c2n1[C@@H](C/C=C/C[C@H]1COc2cc(C(N)=O)cc4nc(NC(=O)C(C)(C)C)n1c24)CO3. The molecule has 7 rings (SSSR count). The number of aromatic nitrogens is 6. The Labute approximate surface area is 298 Å². The summed E-state index contributed by atoms with van der Waals surface area (Å²) < 4.78 is 17.9. The number of ketones is 1. The molecule has 0 fully saturated rings. The van der Waals surface area contributed by atoms with Crippen LogP contribution in [0.25, 0.3) is 22.1 Å². The second-order valence-corrected chi connectivity index (χ2v) is 14.3. The third-order valence-electron chi connectivity index (χ3n) is 9.43. The smallest absolute Gasteiger partial charge is 0.248 e. The van der Waals surface area contributed by atoms with Gasteiger partial charge in [0.2, 0.25) is 23.7 Å². The molecule has 0 saturated heterocycles. The van der Waals surface area contributed by atoms with E-state index in [9.17, 15) is 19.2 Å². The van der Waals surface area contributed by atoms with Crippen molar-refractivity contribution in [3.8, 4) is 11.5 Å². The number of ether oxygens (including phenoxy) is 2. The molecular weight excluding hydrogens is 666 g/mol. The molecule has 52 heavy (non-hydrogen) atoms. The second-order valence-electron chi connectivity index (χ2n) is 14.3. The average molecular weight is 708 g/mol. The Morgan fingerprint density at radius 1 is 0.865 bits per heavy atom. The van der Waals surface area contributed by atoms with E-state index in [4.69, 9.17) is 25.9 Å². The maximum atomic E-state index is 13.6. The number of nitrogens with zero attached hydrogens (tertiary/aromatic N) is 6. The first-order chi connectivity index (χ1) is 24.7. The van der Waals surface area contributed by atoms with Gasteiger partial charge in [-0.05, 0) is 57.0 Å². The van der Waals surface area contributed by atoms with E-state index in [-0.39, 0.29) is 54.5 Å². The van der Waals surface area contributed by atoms with E-state index in [2.05, 4.69) is 21.5 Å². The third-order valence-corrected chi connectivity index (χ3v) is 9.43. The molecular formula is C37H41N9O6. The van der Waals surface area contributed by atoms with Crippen LogP contribution < -0.4 is 26.3 Å². The van der Waals surface area contributed by atoms with Crippen LogP contribution >= 0.6 is 0 Å². The highest BCUT2D eigenvalue weighted by Gasteiger charge is 2.32. The summed E-state index contributed by atoms with van der Waals surface area (Å²) in [4.78, 5) is 60.3. The Kier molecular flexibility index (Phi) is 8.59. The van der Waals surface area contributed by atoms with E-state index in [1.165, 1.54) is 0 Å². The molecule has 2 aliphatic heterocycles. The molecule has 3 amide bonds. The predicted octanol–water partition coefficient (Wildman–Crippen LogP) is 4.42. The number of benzene rings is 2. The molecule has 15 heteroatoms. The molecule has 5 aromatic rings. The topological polar surface area (TPSA) is 204 Å². The van der Waals surface area contributed by atoms with Gasteiger partial charge in [0.25, 0.3) is 0 Å². The number of hydrogen-bond acceptors (Lipinski definition) is 9. The molecule has 15 nitrogen and oxygen atoms in total. The monoisotopic (exact) mass is 707 g/mol. The number of carbonyl (C=O) groups excluding carboxylic acids is 4. The zero-order valence-corrected chi connectivity index (χ0v) is 29.7. The summed E-state index contributed by atoms with van der Waals surface area (Å²) in [5.74, 6) is 0.352. The molecule has 5 N–H and O–H groups in total. The van der Waals surface area contributed by atoms with E-state index in [0.29, 0.717) is 70.4 Å². The van der Waals surface area contributed by atoms with Crippen molar-refractivity contribution in [1.82, 2.24) is 28.9 Å². The molecule has 2 aromatic carbocycles. The van der Waals surface area contributed by atoms with Gasteiger partial charge in [-0.3, -0.25) is 33.7 Å². The molecule has 0 radical (unpaired) electrons. The number of nitrogens with two attached hydrogens (primary N) is 2. The summed E-state index contributed by atoms with van der Waals surface area (Å²) in [6.07, 6.45) is 5.22. The first-order valence-electron chi connectivity index (χ1n) is 17.2. The highest BCUT2D eigenvalue weighted by molar-refractivity contribution is 6.01. The zero-order chi connectivity index (χ0) is 37.1. The number of hydrogen-bond donors (Lipinski definition) is 3. The number of anilines is 1. The van der Waals surface area contributed by atoms with Crippen molar-refractivity contribution in [2.75, 3.05) is 18.5 Å². The summed E-state index contributed by atoms with van der Waals surface area (Å²) in [5, 5.41) is 7.41. The standard InChI is InChI=1S/C37H41N9O6/c1-6-44-26(11-19(2)43-44)27(47)16-30-40-24-12-20(33(38)48)14-28-31(24)45(30)22(17-51-28)9-7-8-10-23-18-52-29-15-21(34(39)49)13-25-32(29)46(23)36(41-25)42-35(50)37(3,4)5/h7-8,11-15,22-23H,6,9-10,16-18H2,1-5H3,(H2,38,48)(H2,39,49)(H,41,42,50)/b8-7+/t22-,23-/m0/s1. The minimum atomic E-state index is -0.666. The van der Waals surface area contributed by atoms with E-state index in [1.54, 1.807) is 35.0 Å². The normalized spacial score (nSPS) is 16.6. The van der Waals surface area contributed by atoms with Gasteiger partial charge < -0.3 is 25.5 Å². The maximum Gasteiger partial charge on any atom is 0.248 e. The van der Waals surface area contributed by atoms with Crippen molar-refractivity contribution in [2.24, 2.45) is 16.9 Å². The number of rotatable bonds is 11. The highest BCUT2D eigenvalue weighted by atomic mass is 16.5. The fraction of sp³-hybridized carbons (Fsp3) is 0.378. The Hall–Kier alpha value is -5.99. The average Bonchev–Trinajstić information content (AvgIpc) is 3.78. The minimum absolute atomic E-state index is 0.0291. The molecule has 0 spiro atoms. The Balaban J connectivity index is 1.18. The minimum Gasteiger partial charge on any atom is -0.489 e. The largest absolute Gasteiger partial charge is 0.489 e. The molecule has 3 aromatic heterocycles. The van der Waals surface area contributed by atoms with Crippen LogP contribution in [0, 0.1) is 12.3 Å². The van der Waals surface area contributed by atoms with Gasteiger partial charge in [-0.25, -0.2) is 9.97 Å². The van der Waals surface area contributed by atoms with Gasteiger partial charge in [-0.1, -0.05) is 32.9 Å². The van der Waals surface area contributed by atoms with Crippen LogP contribution in [0.4, 0.5) is 5.95 Å². The summed E-state index contributed by atoms with van der Waals surface area (Å²) in [6, 6.07) is 7.80. The first-order valence-corrected chi connectivity index (χ1v) is 17.2. The maximum absolute atomic E-state index is 13.6. The van der Waals surface area contributed by atoms with E-state index < -0.39 is 17.2 Å². The zero-order valence-electron chi connectivity index (χ0n) is 29.7. The lowest BCUT2D eigenvalue weighted by atomic mass is 9.96. The van der Waals surface area contributed by atoms with Crippen molar-refractivity contribution >= 4 is 51.5 Å². The highest BCUT2D eigenvalue weighted by Crippen LogP contribution is 2.40. The number of carbonyl (C=O) groups is 4. The van der Waals surface area contributed by atoms with Crippen molar-refractivity contribution in [3.63, 3.8) is 0 Å².